The molecule has 0 radical (unpaired) electrons. The van der Waals surface area contributed by atoms with Crippen LogP contribution in [0, 0.1) is 13.8 Å². The summed E-state index contributed by atoms with van der Waals surface area (Å²) in [5.41, 5.74) is 2.34. The standard InChI is InChI=1S/C19H23NO5S/c1-15-8-10-17(11-9-15)24-12-13-25-19(21)14-20(26(3,22)23)18-7-5-4-6-16(18)2/h4-11H,12-14H2,1-3H3. The van der Waals surface area contributed by atoms with Crippen molar-refractivity contribution in [3.05, 3.63) is 59.7 Å². The molecular weight excluding hydrogens is 354 g/mol. The molecule has 0 spiro atoms. The monoisotopic (exact) mass is 377 g/mol. The van der Waals surface area contributed by atoms with E-state index in [0.717, 1.165) is 21.7 Å². The van der Waals surface area contributed by atoms with Crippen LogP contribution in [-0.4, -0.2) is 40.4 Å². The lowest BCUT2D eigenvalue weighted by atomic mass is 10.2. The minimum absolute atomic E-state index is 0.0398. The number of esters is 1. The molecule has 0 saturated carbocycles. The predicted molar refractivity (Wildman–Crippen MR) is 101 cm³/mol. The van der Waals surface area contributed by atoms with Gasteiger partial charge in [0.15, 0.2) is 0 Å². The number of ether oxygens (including phenoxy) is 2. The number of aryl methyl sites for hydroxylation is 2. The first-order chi connectivity index (χ1) is 12.3. The Kier molecular flexibility index (Phi) is 6.63. The van der Waals surface area contributed by atoms with E-state index in [2.05, 4.69) is 0 Å². The number of nitrogens with zero attached hydrogens (tertiary/aromatic N) is 1. The maximum Gasteiger partial charge on any atom is 0.326 e. The fourth-order valence-electron chi connectivity index (χ4n) is 2.34. The first kappa shape index (κ1) is 19.8. The number of carbonyl (C=O) groups is 1. The van der Waals surface area contributed by atoms with Crippen LogP contribution in [0.3, 0.4) is 0 Å². The van der Waals surface area contributed by atoms with Gasteiger partial charge in [-0.25, -0.2) is 8.42 Å². The van der Waals surface area contributed by atoms with Crippen LogP contribution >= 0.6 is 0 Å². The summed E-state index contributed by atoms with van der Waals surface area (Å²) in [4.78, 5) is 12.1. The lowest BCUT2D eigenvalue weighted by molar-refractivity contribution is -0.142. The van der Waals surface area contributed by atoms with Crippen molar-refractivity contribution in [3.8, 4) is 5.75 Å². The topological polar surface area (TPSA) is 72.9 Å². The first-order valence-electron chi connectivity index (χ1n) is 8.16. The van der Waals surface area contributed by atoms with E-state index in [4.69, 9.17) is 9.47 Å². The normalized spacial score (nSPS) is 11.0. The molecule has 6 nitrogen and oxygen atoms in total. The highest BCUT2D eigenvalue weighted by Gasteiger charge is 2.22. The van der Waals surface area contributed by atoms with Gasteiger partial charge in [0.25, 0.3) is 0 Å². The van der Waals surface area contributed by atoms with Gasteiger partial charge in [-0.3, -0.25) is 9.10 Å². The number of rotatable bonds is 8. The minimum Gasteiger partial charge on any atom is -0.490 e. The maximum atomic E-state index is 12.1. The van der Waals surface area contributed by atoms with Gasteiger partial charge in [0.1, 0.15) is 25.5 Å². The molecule has 2 aromatic carbocycles. The summed E-state index contributed by atoms with van der Waals surface area (Å²) < 4.78 is 35.7. The molecule has 0 N–H and O–H groups in total. The summed E-state index contributed by atoms with van der Waals surface area (Å²) in [6.07, 6.45) is 1.06. The second kappa shape index (κ2) is 8.71. The van der Waals surface area contributed by atoms with Gasteiger partial charge in [0.2, 0.25) is 10.0 Å². The maximum absolute atomic E-state index is 12.1. The van der Waals surface area contributed by atoms with Crippen molar-refractivity contribution >= 4 is 21.7 Å². The SMILES string of the molecule is Cc1ccc(OCCOC(=O)CN(c2ccccc2C)S(C)(=O)=O)cc1. The molecule has 0 aliphatic carbocycles. The molecule has 0 atom stereocenters. The van der Waals surface area contributed by atoms with E-state index < -0.39 is 16.0 Å². The molecule has 2 aromatic rings. The number of benzene rings is 2. The van der Waals surface area contributed by atoms with Gasteiger partial charge in [-0.1, -0.05) is 35.9 Å². The summed E-state index contributed by atoms with van der Waals surface area (Å²) in [6, 6.07) is 14.5. The van der Waals surface area contributed by atoms with Crippen LogP contribution in [0.15, 0.2) is 48.5 Å². The summed E-state index contributed by atoms with van der Waals surface area (Å²) >= 11 is 0. The average molecular weight is 377 g/mol. The summed E-state index contributed by atoms with van der Waals surface area (Å²) in [5, 5.41) is 0. The van der Waals surface area contributed by atoms with Gasteiger partial charge < -0.3 is 9.47 Å². The molecule has 0 heterocycles. The van der Waals surface area contributed by atoms with Gasteiger partial charge in [0.05, 0.1) is 11.9 Å². The van der Waals surface area contributed by atoms with Crippen molar-refractivity contribution in [2.45, 2.75) is 13.8 Å². The van der Waals surface area contributed by atoms with Gasteiger partial charge in [-0.15, -0.1) is 0 Å². The molecule has 0 aliphatic heterocycles. The highest BCUT2D eigenvalue weighted by Crippen LogP contribution is 2.21. The quantitative estimate of drug-likeness (QED) is 0.522. The number of sulfonamides is 1. The second-order valence-corrected chi connectivity index (χ2v) is 7.84. The molecular formula is C19H23NO5S. The molecule has 7 heteroatoms. The molecule has 0 amide bonds. The molecule has 0 aromatic heterocycles. The van der Waals surface area contributed by atoms with Crippen LogP contribution in [0.25, 0.3) is 0 Å². The molecule has 0 fully saturated rings. The molecule has 0 saturated heterocycles. The first-order valence-corrected chi connectivity index (χ1v) is 10.0. The Morgan fingerprint density at radius 1 is 1.00 bits per heavy atom. The van der Waals surface area contributed by atoms with E-state index in [1.165, 1.54) is 0 Å². The largest absolute Gasteiger partial charge is 0.490 e. The van der Waals surface area contributed by atoms with Crippen molar-refractivity contribution in [1.29, 1.82) is 0 Å². The van der Waals surface area contributed by atoms with Crippen molar-refractivity contribution in [2.75, 3.05) is 30.3 Å². The van der Waals surface area contributed by atoms with Gasteiger partial charge >= 0.3 is 5.97 Å². The van der Waals surface area contributed by atoms with Crippen molar-refractivity contribution < 1.29 is 22.7 Å². The fourth-order valence-corrected chi connectivity index (χ4v) is 3.24. The van der Waals surface area contributed by atoms with Crippen LogP contribution in [0.5, 0.6) is 5.75 Å². The highest BCUT2D eigenvalue weighted by molar-refractivity contribution is 7.92. The summed E-state index contributed by atoms with van der Waals surface area (Å²) in [7, 11) is -3.61. The number of anilines is 1. The number of hydrogen-bond donors (Lipinski definition) is 0. The van der Waals surface area contributed by atoms with E-state index in [1.54, 1.807) is 31.2 Å². The Morgan fingerprint density at radius 3 is 2.27 bits per heavy atom. The molecule has 140 valence electrons. The zero-order valence-electron chi connectivity index (χ0n) is 15.1. The van der Waals surface area contributed by atoms with Crippen LogP contribution in [0.4, 0.5) is 5.69 Å². The minimum atomic E-state index is -3.61. The van der Waals surface area contributed by atoms with Crippen molar-refractivity contribution in [3.63, 3.8) is 0 Å². The van der Waals surface area contributed by atoms with Gasteiger partial charge in [-0.05, 0) is 37.6 Å². The van der Waals surface area contributed by atoms with E-state index in [1.807, 2.05) is 31.2 Å². The third kappa shape index (κ3) is 5.77. The second-order valence-electron chi connectivity index (χ2n) is 5.94. The smallest absolute Gasteiger partial charge is 0.326 e. The lowest BCUT2D eigenvalue weighted by Gasteiger charge is -2.23. The molecule has 0 unspecified atom stereocenters. The molecule has 0 aliphatic rings. The van der Waals surface area contributed by atoms with E-state index in [0.29, 0.717) is 11.4 Å². The third-order valence-electron chi connectivity index (χ3n) is 3.69. The Labute approximate surface area is 154 Å². The Balaban J connectivity index is 1.89. The molecule has 26 heavy (non-hydrogen) atoms. The Morgan fingerprint density at radius 2 is 1.65 bits per heavy atom. The Hall–Kier alpha value is -2.54. The van der Waals surface area contributed by atoms with Crippen LogP contribution in [-0.2, 0) is 19.6 Å². The lowest BCUT2D eigenvalue weighted by Crippen LogP contribution is -2.36. The van der Waals surface area contributed by atoms with Crippen molar-refractivity contribution in [1.82, 2.24) is 0 Å². The van der Waals surface area contributed by atoms with Crippen LogP contribution in [0.1, 0.15) is 11.1 Å². The predicted octanol–water partition coefficient (Wildman–Crippen LogP) is 2.69. The van der Waals surface area contributed by atoms with E-state index in [-0.39, 0.29) is 19.8 Å². The van der Waals surface area contributed by atoms with Gasteiger partial charge in [-0.2, -0.15) is 0 Å². The van der Waals surface area contributed by atoms with E-state index >= 15 is 0 Å². The fraction of sp³-hybridized carbons (Fsp3) is 0.316. The zero-order valence-corrected chi connectivity index (χ0v) is 16.0. The van der Waals surface area contributed by atoms with Crippen LogP contribution in [0.2, 0.25) is 0 Å². The zero-order chi connectivity index (χ0) is 19.2. The summed E-state index contributed by atoms with van der Waals surface area (Å²) in [5.74, 6) is 0.0514. The molecule has 2 rings (SSSR count). The third-order valence-corrected chi connectivity index (χ3v) is 4.82. The number of carbonyl (C=O) groups excluding carboxylic acids is 1. The highest BCUT2D eigenvalue weighted by atomic mass is 32.2. The Bertz CT molecular complexity index is 846. The summed E-state index contributed by atoms with van der Waals surface area (Å²) in [6.45, 7) is 3.62. The van der Waals surface area contributed by atoms with E-state index in [9.17, 15) is 13.2 Å². The van der Waals surface area contributed by atoms with Crippen molar-refractivity contribution in [2.24, 2.45) is 0 Å². The number of hydrogen-bond acceptors (Lipinski definition) is 5. The molecule has 0 bridgehead atoms. The number of para-hydroxylation sites is 1. The van der Waals surface area contributed by atoms with Gasteiger partial charge in [0, 0.05) is 0 Å². The average Bonchev–Trinajstić information content (AvgIpc) is 2.58. The van der Waals surface area contributed by atoms with Crippen LogP contribution < -0.4 is 9.04 Å².